The molecule has 2 rings (SSSR count). The lowest BCUT2D eigenvalue weighted by atomic mass is 10.2. The van der Waals surface area contributed by atoms with Crippen LogP contribution < -0.4 is 10.2 Å². The molecule has 1 unspecified atom stereocenters. The van der Waals surface area contributed by atoms with E-state index in [-0.39, 0.29) is 36.6 Å². The lowest BCUT2D eigenvalue weighted by Gasteiger charge is -2.13. The van der Waals surface area contributed by atoms with Crippen LogP contribution >= 0.6 is 0 Å². The summed E-state index contributed by atoms with van der Waals surface area (Å²) in [6.07, 6.45) is 0.210. The van der Waals surface area contributed by atoms with Crippen LogP contribution in [0.4, 0.5) is 0 Å². The summed E-state index contributed by atoms with van der Waals surface area (Å²) in [6, 6.07) is 10.6. The first-order chi connectivity index (χ1) is 9.72. The molecule has 0 spiro atoms. The van der Waals surface area contributed by atoms with Crippen molar-refractivity contribution in [3.05, 3.63) is 64.2 Å². The molecular weight excluding hydrogens is 260 g/mol. The molecular formula is C15H16O5. The topological polar surface area (TPSA) is 79.9 Å². The Labute approximate surface area is 116 Å². The number of rotatable bonds is 6. The van der Waals surface area contributed by atoms with Crippen molar-refractivity contribution < 1.29 is 19.4 Å². The van der Waals surface area contributed by atoms with E-state index in [1.807, 2.05) is 30.3 Å². The minimum atomic E-state index is -1.07. The van der Waals surface area contributed by atoms with E-state index in [9.17, 15) is 9.90 Å². The largest absolute Gasteiger partial charge is 0.482 e. The molecule has 2 aromatic rings. The van der Waals surface area contributed by atoms with Gasteiger partial charge in [0.05, 0.1) is 6.26 Å². The van der Waals surface area contributed by atoms with Crippen LogP contribution in [0.3, 0.4) is 0 Å². The number of benzene rings is 1. The van der Waals surface area contributed by atoms with Crippen LogP contribution in [0.15, 0.2) is 51.9 Å². The highest BCUT2D eigenvalue weighted by molar-refractivity contribution is 5.27. The second-order valence-electron chi connectivity index (χ2n) is 4.28. The van der Waals surface area contributed by atoms with E-state index in [0.717, 1.165) is 5.56 Å². The molecule has 0 saturated carbocycles. The maximum Gasteiger partial charge on any atom is 0.227 e. The van der Waals surface area contributed by atoms with Crippen LogP contribution in [-0.2, 0) is 6.61 Å². The Morgan fingerprint density at radius 1 is 1.20 bits per heavy atom. The molecule has 1 heterocycles. The number of ether oxygens (including phenoxy) is 1. The minimum Gasteiger partial charge on any atom is -0.482 e. The molecule has 0 fully saturated rings. The van der Waals surface area contributed by atoms with Gasteiger partial charge in [0.1, 0.15) is 12.7 Å². The molecule has 0 aliphatic rings. The average Bonchev–Trinajstić information content (AvgIpc) is 2.47. The van der Waals surface area contributed by atoms with Gasteiger partial charge in [0, 0.05) is 19.1 Å². The summed E-state index contributed by atoms with van der Waals surface area (Å²) >= 11 is 0. The van der Waals surface area contributed by atoms with Crippen LogP contribution in [0.25, 0.3) is 0 Å². The quantitative estimate of drug-likeness (QED) is 0.838. The van der Waals surface area contributed by atoms with Crippen LogP contribution in [0.2, 0.25) is 0 Å². The zero-order chi connectivity index (χ0) is 14.4. The van der Waals surface area contributed by atoms with Gasteiger partial charge in [-0.05, 0) is 5.56 Å². The Kier molecular flexibility index (Phi) is 4.92. The molecule has 2 N–H and O–H groups in total. The van der Waals surface area contributed by atoms with Gasteiger partial charge >= 0.3 is 0 Å². The van der Waals surface area contributed by atoms with Gasteiger partial charge in [-0.1, -0.05) is 30.3 Å². The van der Waals surface area contributed by atoms with Gasteiger partial charge in [0.25, 0.3) is 0 Å². The number of aliphatic hydroxyl groups excluding tert-OH is 2. The molecule has 0 bridgehead atoms. The molecule has 5 heteroatoms. The second-order valence-corrected chi connectivity index (χ2v) is 4.28. The predicted molar refractivity (Wildman–Crippen MR) is 72.4 cm³/mol. The highest BCUT2D eigenvalue weighted by Gasteiger charge is 2.19. The summed E-state index contributed by atoms with van der Waals surface area (Å²) in [5, 5.41) is 18.7. The molecule has 0 aliphatic carbocycles. The summed E-state index contributed by atoms with van der Waals surface area (Å²) in [4.78, 5) is 11.8. The highest BCUT2D eigenvalue weighted by atomic mass is 16.5. The molecule has 0 aliphatic heterocycles. The van der Waals surface area contributed by atoms with Crippen molar-refractivity contribution in [1.29, 1.82) is 0 Å². The highest BCUT2D eigenvalue weighted by Crippen LogP contribution is 2.24. The van der Waals surface area contributed by atoms with Crippen LogP contribution in [0, 0.1) is 0 Å². The normalized spacial score (nSPS) is 12.1. The maximum atomic E-state index is 11.8. The Morgan fingerprint density at radius 3 is 2.65 bits per heavy atom. The van der Waals surface area contributed by atoms with Crippen molar-refractivity contribution >= 4 is 0 Å². The van der Waals surface area contributed by atoms with Crippen molar-refractivity contribution in [1.82, 2.24) is 0 Å². The third-order valence-corrected chi connectivity index (χ3v) is 2.79. The third kappa shape index (κ3) is 3.46. The molecule has 106 valence electrons. The van der Waals surface area contributed by atoms with E-state index >= 15 is 0 Å². The summed E-state index contributed by atoms with van der Waals surface area (Å²) in [5.74, 6) is 0.0276. The maximum absolute atomic E-state index is 11.8. The van der Waals surface area contributed by atoms with Crippen molar-refractivity contribution in [2.45, 2.75) is 19.1 Å². The summed E-state index contributed by atoms with van der Waals surface area (Å²) < 4.78 is 10.6. The standard InChI is InChI=1S/C15H16O5/c16-8-6-12(17)14-15(13(18)7-9-19-14)20-10-11-4-2-1-3-5-11/h1-5,7,9,12,16-17H,6,8,10H2. The van der Waals surface area contributed by atoms with Gasteiger partial charge in [-0.3, -0.25) is 4.79 Å². The fraction of sp³-hybridized carbons (Fsp3) is 0.267. The summed E-state index contributed by atoms with van der Waals surface area (Å²) in [6.45, 7) is -0.00758. The fourth-order valence-electron chi connectivity index (χ4n) is 1.77. The van der Waals surface area contributed by atoms with E-state index in [0.29, 0.717) is 0 Å². The zero-order valence-corrected chi connectivity index (χ0v) is 10.9. The first-order valence-corrected chi connectivity index (χ1v) is 6.29. The zero-order valence-electron chi connectivity index (χ0n) is 10.9. The fourth-order valence-corrected chi connectivity index (χ4v) is 1.77. The van der Waals surface area contributed by atoms with Crippen LogP contribution in [0.1, 0.15) is 23.8 Å². The molecule has 1 aromatic carbocycles. The van der Waals surface area contributed by atoms with E-state index in [1.165, 1.54) is 12.3 Å². The van der Waals surface area contributed by atoms with Gasteiger partial charge in [0.2, 0.25) is 11.2 Å². The Bertz CT molecular complexity index is 591. The molecule has 0 radical (unpaired) electrons. The summed E-state index contributed by atoms with van der Waals surface area (Å²) in [5.41, 5.74) is 0.539. The molecule has 5 nitrogen and oxygen atoms in total. The van der Waals surface area contributed by atoms with Crippen molar-refractivity contribution in [2.75, 3.05) is 6.61 Å². The number of hydrogen-bond acceptors (Lipinski definition) is 5. The van der Waals surface area contributed by atoms with E-state index in [4.69, 9.17) is 14.3 Å². The van der Waals surface area contributed by atoms with Crippen molar-refractivity contribution in [3.8, 4) is 5.75 Å². The average molecular weight is 276 g/mol. The first-order valence-electron chi connectivity index (χ1n) is 6.29. The minimum absolute atomic E-state index is 0.0164. The van der Waals surface area contributed by atoms with Gasteiger partial charge < -0.3 is 19.4 Å². The van der Waals surface area contributed by atoms with Gasteiger partial charge in [-0.15, -0.1) is 0 Å². The third-order valence-electron chi connectivity index (χ3n) is 2.79. The predicted octanol–water partition coefficient (Wildman–Crippen LogP) is 1.63. The van der Waals surface area contributed by atoms with E-state index < -0.39 is 6.10 Å². The molecule has 1 aromatic heterocycles. The first kappa shape index (κ1) is 14.3. The lowest BCUT2D eigenvalue weighted by Crippen LogP contribution is -2.12. The van der Waals surface area contributed by atoms with Gasteiger partial charge in [-0.2, -0.15) is 0 Å². The number of aliphatic hydroxyl groups is 2. The monoisotopic (exact) mass is 276 g/mol. The van der Waals surface area contributed by atoms with Gasteiger partial charge in [0.15, 0.2) is 5.76 Å². The SMILES string of the molecule is O=c1ccoc(C(O)CCO)c1OCc1ccccc1. The molecule has 0 amide bonds. The lowest BCUT2D eigenvalue weighted by molar-refractivity contribution is 0.104. The molecule has 0 saturated heterocycles. The molecule has 1 atom stereocenters. The van der Waals surface area contributed by atoms with E-state index in [2.05, 4.69) is 0 Å². The Hall–Kier alpha value is -2.11. The smallest absolute Gasteiger partial charge is 0.227 e. The molecule has 20 heavy (non-hydrogen) atoms. The summed E-state index contributed by atoms with van der Waals surface area (Å²) in [7, 11) is 0. The van der Waals surface area contributed by atoms with Crippen LogP contribution in [-0.4, -0.2) is 16.8 Å². The number of hydrogen-bond donors (Lipinski definition) is 2. The van der Waals surface area contributed by atoms with E-state index in [1.54, 1.807) is 0 Å². The van der Waals surface area contributed by atoms with Crippen molar-refractivity contribution in [3.63, 3.8) is 0 Å². The van der Waals surface area contributed by atoms with Crippen molar-refractivity contribution in [2.24, 2.45) is 0 Å². The van der Waals surface area contributed by atoms with Crippen LogP contribution in [0.5, 0.6) is 5.75 Å². The Morgan fingerprint density at radius 2 is 1.95 bits per heavy atom. The second kappa shape index (κ2) is 6.88. The Balaban J connectivity index is 2.20. The van der Waals surface area contributed by atoms with Gasteiger partial charge in [-0.25, -0.2) is 0 Å².